The number of halogens is 1. The molecule has 17 heavy (non-hydrogen) atoms. The lowest BCUT2D eigenvalue weighted by atomic mass is 9.94. The fraction of sp³-hybridized carbons (Fsp3) is 0.538. The molecule has 96 valence electrons. The fourth-order valence-corrected chi connectivity index (χ4v) is 1.66. The van der Waals surface area contributed by atoms with Crippen LogP contribution < -0.4 is 5.32 Å². The molecule has 1 aromatic rings. The minimum atomic E-state index is -1.08. The van der Waals surface area contributed by atoms with E-state index < -0.39 is 5.60 Å². The number of hydrogen-bond acceptors (Lipinski definition) is 3. The highest BCUT2D eigenvalue weighted by atomic mass is 19.1. The molecule has 0 amide bonds. The number of hydrogen-bond donors (Lipinski definition) is 2. The van der Waals surface area contributed by atoms with E-state index in [-0.39, 0.29) is 5.82 Å². The maximum absolute atomic E-state index is 13.2. The Kier molecular flexibility index (Phi) is 5.05. The molecule has 0 saturated carbocycles. The molecule has 0 aliphatic carbocycles. The number of aliphatic hydroxyl groups is 1. The number of ether oxygens (including phenoxy) is 1. The van der Waals surface area contributed by atoms with Crippen molar-refractivity contribution < 1.29 is 14.2 Å². The third-order valence-electron chi connectivity index (χ3n) is 2.62. The van der Waals surface area contributed by atoms with Crippen LogP contribution >= 0.6 is 0 Å². The van der Waals surface area contributed by atoms with Crippen molar-refractivity contribution >= 4 is 0 Å². The average molecular weight is 241 g/mol. The maximum Gasteiger partial charge on any atom is 0.123 e. The molecule has 0 radical (unpaired) electrons. The molecule has 0 saturated heterocycles. The number of rotatable bonds is 6. The van der Waals surface area contributed by atoms with Crippen LogP contribution in [0.5, 0.6) is 0 Å². The largest absolute Gasteiger partial charge is 0.384 e. The van der Waals surface area contributed by atoms with Crippen molar-refractivity contribution in [2.24, 2.45) is 0 Å². The Morgan fingerprint density at radius 3 is 2.71 bits per heavy atom. The molecule has 0 aliphatic heterocycles. The van der Waals surface area contributed by atoms with E-state index in [0.717, 1.165) is 5.56 Å². The lowest BCUT2D eigenvalue weighted by Gasteiger charge is -2.24. The molecule has 1 aromatic carbocycles. The van der Waals surface area contributed by atoms with Crippen molar-refractivity contribution in [1.82, 2.24) is 5.32 Å². The second kappa shape index (κ2) is 6.10. The molecule has 0 aromatic heterocycles. The first-order valence-corrected chi connectivity index (χ1v) is 5.65. The third kappa shape index (κ3) is 4.42. The number of methoxy groups -OCH3 is 1. The van der Waals surface area contributed by atoms with Gasteiger partial charge in [0.15, 0.2) is 0 Å². The molecular formula is C13H20FNO2. The summed E-state index contributed by atoms with van der Waals surface area (Å²) < 4.78 is 18.1. The van der Waals surface area contributed by atoms with Crippen LogP contribution in [0.15, 0.2) is 18.2 Å². The standard InChI is InChI=1S/C13H20FNO2/c1-10-6-11(8-12(14)7-10)13(2,16)9-15-4-5-17-3/h6-8,15-16H,4-5,9H2,1-3H3. The summed E-state index contributed by atoms with van der Waals surface area (Å²) in [6.07, 6.45) is 0. The topological polar surface area (TPSA) is 41.5 Å². The Morgan fingerprint density at radius 1 is 1.41 bits per heavy atom. The van der Waals surface area contributed by atoms with Gasteiger partial charge in [0.2, 0.25) is 0 Å². The van der Waals surface area contributed by atoms with Crippen LogP contribution in [0, 0.1) is 12.7 Å². The molecule has 0 fully saturated rings. The minimum Gasteiger partial charge on any atom is -0.384 e. The second-order valence-corrected chi connectivity index (χ2v) is 4.46. The van der Waals surface area contributed by atoms with E-state index in [1.165, 1.54) is 12.1 Å². The van der Waals surface area contributed by atoms with Crippen LogP contribution in [-0.2, 0) is 10.3 Å². The Balaban J connectivity index is 2.67. The molecule has 0 heterocycles. The summed E-state index contributed by atoms with van der Waals surface area (Å²) in [5, 5.41) is 13.3. The van der Waals surface area contributed by atoms with E-state index in [4.69, 9.17) is 4.74 Å². The zero-order chi connectivity index (χ0) is 12.9. The number of benzene rings is 1. The van der Waals surface area contributed by atoms with Gasteiger partial charge < -0.3 is 15.2 Å². The van der Waals surface area contributed by atoms with Crippen LogP contribution in [0.25, 0.3) is 0 Å². The van der Waals surface area contributed by atoms with Gasteiger partial charge in [-0.3, -0.25) is 0 Å². The van der Waals surface area contributed by atoms with E-state index in [0.29, 0.717) is 25.3 Å². The van der Waals surface area contributed by atoms with Gasteiger partial charge in [-0.25, -0.2) is 4.39 Å². The summed E-state index contributed by atoms with van der Waals surface area (Å²) in [5.74, 6) is -0.322. The summed E-state index contributed by atoms with van der Waals surface area (Å²) >= 11 is 0. The minimum absolute atomic E-state index is 0.322. The zero-order valence-electron chi connectivity index (χ0n) is 10.6. The van der Waals surface area contributed by atoms with Gasteiger partial charge in [0, 0.05) is 20.2 Å². The Labute approximate surface area is 102 Å². The fourth-order valence-electron chi connectivity index (χ4n) is 1.66. The van der Waals surface area contributed by atoms with Gasteiger partial charge in [-0.05, 0) is 37.1 Å². The van der Waals surface area contributed by atoms with Crippen LogP contribution in [0.4, 0.5) is 4.39 Å². The van der Waals surface area contributed by atoms with E-state index in [1.54, 1.807) is 27.0 Å². The molecule has 0 spiro atoms. The van der Waals surface area contributed by atoms with E-state index in [1.807, 2.05) is 0 Å². The molecular weight excluding hydrogens is 221 g/mol. The van der Waals surface area contributed by atoms with Gasteiger partial charge in [-0.1, -0.05) is 6.07 Å². The van der Waals surface area contributed by atoms with Crippen molar-refractivity contribution in [2.45, 2.75) is 19.4 Å². The highest BCUT2D eigenvalue weighted by Crippen LogP contribution is 2.21. The lowest BCUT2D eigenvalue weighted by molar-refractivity contribution is 0.0546. The molecule has 2 N–H and O–H groups in total. The maximum atomic E-state index is 13.2. The summed E-state index contributed by atoms with van der Waals surface area (Å²) in [6.45, 7) is 5.07. The third-order valence-corrected chi connectivity index (χ3v) is 2.62. The first-order valence-electron chi connectivity index (χ1n) is 5.65. The quantitative estimate of drug-likeness (QED) is 0.743. The van der Waals surface area contributed by atoms with Gasteiger partial charge in [0.1, 0.15) is 5.82 Å². The van der Waals surface area contributed by atoms with Crippen LogP contribution in [0.1, 0.15) is 18.1 Å². The van der Waals surface area contributed by atoms with Gasteiger partial charge in [0.05, 0.1) is 12.2 Å². The molecule has 3 nitrogen and oxygen atoms in total. The smallest absolute Gasteiger partial charge is 0.123 e. The average Bonchev–Trinajstić information content (AvgIpc) is 2.23. The lowest BCUT2D eigenvalue weighted by Crippen LogP contribution is -2.37. The van der Waals surface area contributed by atoms with Crippen molar-refractivity contribution in [3.05, 3.63) is 35.1 Å². The Hall–Kier alpha value is -0.970. The summed E-state index contributed by atoms with van der Waals surface area (Å²) in [7, 11) is 1.62. The summed E-state index contributed by atoms with van der Waals surface area (Å²) in [4.78, 5) is 0. The van der Waals surface area contributed by atoms with Crippen molar-refractivity contribution in [2.75, 3.05) is 26.8 Å². The highest BCUT2D eigenvalue weighted by Gasteiger charge is 2.23. The van der Waals surface area contributed by atoms with Crippen LogP contribution in [0.2, 0.25) is 0 Å². The summed E-state index contributed by atoms with van der Waals surface area (Å²) in [6, 6.07) is 4.60. The van der Waals surface area contributed by atoms with Gasteiger partial charge in [-0.2, -0.15) is 0 Å². The SMILES string of the molecule is COCCNCC(C)(O)c1cc(C)cc(F)c1. The zero-order valence-corrected chi connectivity index (χ0v) is 10.6. The molecule has 1 rings (SSSR count). The first-order chi connectivity index (χ1) is 7.95. The van der Waals surface area contributed by atoms with Gasteiger partial charge >= 0.3 is 0 Å². The molecule has 0 aliphatic rings. The normalized spacial score (nSPS) is 14.6. The highest BCUT2D eigenvalue weighted by molar-refractivity contribution is 5.28. The monoisotopic (exact) mass is 241 g/mol. The first kappa shape index (κ1) is 14.1. The Bertz CT molecular complexity index is 346. The second-order valence-electron chi connectivity index (χ2n) is 4.46. The van der Waals surface area contributed by atoms with Gasteiger partial charge in [0.25, 0.3) is 0 Å². The Morgan fingerprint density at radius 2 is 2.12 bits per heavy atom. The molecule has 4 heteroatoms. The van der Waals surface area contributed by atoms with Crippen LogP contribution in [0.3, 0.4) is 0 Å². The molecule has 1 atom stereocenters. The predicted molar refractivity (Wildman–Crippen MR) is 65.5 cm³/mol. The summed E-state index contributed by atoms with van der Waals surface area (Å²) in [5.41, 5.74) is 0.303. The number of aryl methyl sites for hydroxylation is 1. The number of nitrogens with one attached hydrogen (secondary N) is 1. The van der Waals surface area contributed by atoms with Crippen molar-refractivity contribution in [3.63, 3.8) is 0 Å². The van der Waals surface area contributed by atoms with Crippen molar-refractivity contribution in [1.29, 1.82) is 0 Å². The predicted octanol–water partition coefficient (Wildman–Crippen LogP) is 1.58. The van der Waals surface area contributed by atoms with E-state index in [9.17, 15) is 9.50 Å². The molecule has 1 unspecified atom stereocenters. The molecule has 0 bridgehead atoms. The van der Waals surface area contributed by atoms with E-state index in [2.05, 4.69) is 5.32 Å². The van der Waals surface area contributed by atoms with Gasteiger partial charge in [-0.15, -0.1) is 0 Å². The van der Waals surface area contributed by atoms with Crippen molar-refractivity contribution in [3.8, 4) is 0 Å². The van der Waals surface area contributed by atoms with Crippen LogP contribution in [-0.4, -0.2) is 31.9 Å². The van der Waals surface area contributed by atoms with E-state index >= 15 is 0 Å².